The summed E-state index contributed by atoms with van der Waals surface area (Å²) in [7, 11) is 0. The van der Waals surface area contributed by atoms with Crippen molar-refractivity contribution in [3.8, 4) is 11.5 Å². The molecule has 2 aliphatic rings. The fraction of sp³-hybridized carbons (Fsp3) is 0.360. The highest BCUT2D eigenvalue weighted by Gasteiger charge is 2.42. The molecule has 2 unspecified atom stereocenters. The minimum Gasteiger partial charge on any atom is -0.489 e. The second-order valence-corrected chi connectivity index (χ2v) is 7.68. The summed E-state index contributed by atoms with van der Waals surface area (Å²) in [6.07, 6.45) is 5.65. The monoisotopic (exact) mass is 422 g/mol. The van der Waals surface area contributed by atoms with Gasteiger partial charge in [0, 0.05) is 34.1 Å². The van der Waals surface area contributed by atoms with Crippen molar-refractivity contribution in [1.29, 1.82) is 0 Å². The highest BCUT2D eigenvalue weighted by Crippen LogP contribution is 2.61. The van der Waals surface area contributed by atoms with Gasteiger partial charge in [0.2, 0.25) is 0 Å². The van der Waals surface area contributed by atoms with Crippen molar-refractivity contribution in [3.63, 3.8) is 0 Å². The number of fused-ring (bicyclic) bond motifs is 6. The van der Waals surface area contributed by atoms with Gasteiger partial charge in [0.25, 0.3) is 0 Å². The van der Waals surface area contributed by atoms with Gasteiger partial charge in [0.15, 0.2) is 0 Å². The van der Waals surface area contributed by atoms with Crippen molar-refractivity contribution in [2.45, 2.75) is 31.1 Å². The fourth-order valence-corrected chi connectivity index (χ4v) is 4.73. The Kier molecular flexibility index (Phi) is 6.26. The summed E-state index contributed by atoms with van der Waals surface area (Å²) in [6.45, 7) is 7.67. The molecule has 4 rings (SSSR count). The van der Waals surface area contributed by atoms with Crippen LogP contribution in [0, 0.1) is 0 Å². The standard InChI is InChI=1S/C25H26O6/c1-3-20(26)28-11-13-30-24-18-7-5-6-8-19(18)25(31-14-12-29-21(27)4-2)23-17-10-9-16(15-17)22(23)24/h3-8,16-17H,1-2,9-15H2. The third-order valence-corrected chi connectivity index (χ3v) is 5.93. The van der Waals surface area contributed by atoms with Crippen LogP contribution in [0.25, 0.3) is 10.8 Å². The van der Waals surface area contributed by atoms with Crippen molar-refractivity contribution in [2.75, 3.05) is 26.4 Å². The molecule has 6 heteroatoms. The van der Waals surface area contributed by atoms with Crippen LogP contribution in [0.4, 0.5) is 0 Å². The summed E-state index contributed by atoms with van der Waals surface area (Å²) in [6, 6.07) is 8.00. The predicted molar refractivity (Wildman–Crippen MR) is 117 cm³/mol. The van der Waals surface area contributed by atoms with E-state index in [0.29, 0.717) is 11.8 Å². The molecule has 2 bridgehead atoms. The predicted octanol–water partition coefficient (Wildman–Crippen LogP) is 4.42. The lowest BCUT2D eigenvalue weighted by Crippen LogP contribution is -2.14. The Balaban J connectivity index is 1.64. The zero-order chi connectivity index (χ0) is 21.8. The van der Waals surface area contributed by atoms with Gasteiger partial charge in [-0.25, -0.2) is 9.59 Å². The van der Waals surface area contributed by atoms with Crippen LogP contribution in [-0.2, 0) is 19.1 Å². The Bertz CT molecular complexity index is 944. The number of carbonyl (C=O) groups is 2. The molecule has 0 spiro atoms. The molecule has 2 aliphatic carbocycles. The average molecular weight is 422 g/mol. The number of benzene rings is 2. The van der Waals surface area contributed by atoms with Crippen LogP contribution in [0.2, 0.25) is 0 Å². The second kappa shape index (κ2) is 9.25. The summed E-state index contributed by atoms with van der Waals surface area (Å²) < 4.78 is 22.5. The summed E-state index contributed by atoms with van der Waals surface area (Å²) in [5.74, 6) is 1.68. The zero-order valence-electron chi connectivity index (χ0n) is 17.4. The highest BCUT2D eigenvalue weighted by molar-refractivity contribution is 5.97. The van der Waals surface area contributed by atoms with Crippen LogP contribution in [0.1, 0.15) is 42.2 Å². The van der Waals surface area contributed by atoms with E-state index in [2.05, 4.69) is 13.2 Å². The van der Waals surface area contributed by atoms with Crippen LogP contribution in [0.3, 0.4) is 0 Å². The SMILES string of the molecule is C=CC(=O)OCCOc1c2c(c(OCCOC(=O)C=C)c3ccccc13)C1CCC2C1. The molecule has 0 saturated heterocycles. The average Bonchev–Trinajstić information content (AvgIpc) is 3.42. The summed E-state index contributed by atoms with van der Waals surface area (Å²) in [4.78, 5) is 22.6. The van der Waals surface area contributed by atoms with E-state index < -0.39 is 11.9 Å². The third kappa shape index (κ3) is 4.15. The first-order valence-electron chi connectivity index (χ1n) is 10.6. The molecular formula is C25H26O6. The van der Waals surface area contributed by atoms with Gasteiger partial charge in [-0.15, -0.1) is 0 Å². The van der Waals surface area contributed by atoms with E-state index in [1.807, 2.05) is 24.3 Å². The Morgan fingerprint density at radius 2 is 1.26 bits per heavy atom. The van der Waals surface area contributed by atoms with E-state index in [-0.39, 0.29) is 26.4 Å². The van der Waals surface area contributed by atoms with Crippen LogP contribution in [0.5, 0.6) is 11.5 Å². The van der Waals surface area contributed by atoms with Crippen molar-refractivity contribution in [2.24, 2.45) is 0 Å². The smallest absolute Gasteiger partial charge is 0.330 e. The molecule has 2 atom stereocenters. The molecule has 0 radical (unpaired) electrons. The fourth-order valence-electron chi connectivity index (χ4n) is 4.73. The highest BCUT2D eigenvalue weighted by atomic mass is 16.6. The largest absolute Gasteiger partial charge is 0.489 e. The van der Waals surface area contributed by atoms with Gasteiger partial charge in [0.1, 0.15) is 37.9 Å². The van der Waals surface area contributed by atoms with Gasteiger partial charge in [-0.2, -0.15) is 0 Å². The number of ether oxygens (including phenoxy) is 4. The molecule has 0 aromatic heterocycles. The van der Waals surface area contributed by atoms with E-state index in [1.165, 1.54) is 11.1 Å². The Hall–Kier alpha value is -3.28. The molecule has 6 nitrogen and oxygen atoms in total. The van der Waals surface area contributed by atoms with E-state index in [9.17, 15) is 9.59 Å². The molecule has 0 N–H and O–H groups in total. The van der Waals surface area contributed by atoms with Gasteiger partial charge >= 0.3 is 11.9 Å². The maximum Gasteiger partial charge on any atom is 0.330 e. The summed E-state index contributed by atoms with van der Waals surface area (Å²) >= 11 is 0. The van der Waals surface area contributed by atoms with Crippen molar-refractivity contribution >= 4 is 22.7 Å². The number of rotatable bonds is 10. The van der Waals surface area contributed by atoms with Crippen LogP contribution >= 0.6 is 0 Å². The Labute approximate surface area is 181 Å². The Morgan fingerprint density at radius 3 is 1.68 bits per heavy atom. The molecule has 0 amide bonds. The van der Waals surface area contributed by atoms with E-state index in [0.717, 1.165) is 53.7 Å². The molecule has 2 aromatic rings. The van der Waals surface area contributed by atoms with E-state index in [1.54, 1.807) is 0 Å². The third-order valence-electron chi connectivity index (χ3n) is 5.93. The first kappa shape index (κ1) is 21.0. The lowest BCUT2D eigenvalue weighted by Gasteiger charge is -2.25. The molecule has 0 heterocycles. The van der Waals surface area contributed by atoms with Crippen LogP contribution in [0.15, 0.2) is 49.6 Å². The van der Waals surface area contributed by atoms with Crippen molar-refractivity contribution in [1.82, 2.24) is 0 Å². The molecular weight excluding hydrogens is 396 g/mol. The lowest BCUT2D eigenvalue weighted by molar-refractivity contribution is -0.139. The number of hydrogen-bond acceptors (Lipinski definition) is 6. The number of esters is 2. The molecule has 1 fully saturated rings. The summed E-state index contributed by atoms with van der Waals surface area (Å²) in [5.41, 5.74) is 2.42. The van der Waals surface area contributed by atoms with E-state index in [4.69, 9.17) is 18.9 Å². The minimum absolute atomic E-state index is 0.162. The van der Waals surface area contributed by atoms with Crippen LogP contribution < -0.4 is 9.47 Å². The second-order valence-electron chi connectivity index (χ2n) is 7.68. The molecule has 31 heavy (non-hydrogen) atoms. The molecule has 162 valence electrons. The van der Waals surface area contributed by atoms with Gasteiger partial charge in [-0.1, -0.05) is 37.4 Å². The van der Waals surface area contributed by atoms with Gasteiger partial charge in [-0.3, -0.25) is 0 Å². The Morgan fingerprint density at radius 1 is 0.806 bits per heavy atom. The van der Waals surface area contributed by atoms with Crippen LogP contribution in [-0.4, -0.2) is 38.4 Å². The van der Waals surface area contributed by atoms with Gasteiger partial charge in [-0.05, 0) is 31.1 Å². The first-order valence-corrected chi connectivity index (χ1v) is 10.6. The molecule has 0 aliphatic heterocycles. The lowest BCUT2D eigenvalue weighted by atomic mass is 9.87. The molecule has 2 aromatic carbocycles. The zero-order valence-corrected chi connectivity index (χ0v) is 17.4. The molecule has 1 saturated carbocycles. The number of hydrogen-bond donors (Lipinski definition) is 0. The van der Waals surface area contributed by atoms with E-state index >= 15 is 0 Å². The topological polar surface area (TPSA) is 71.1 Å². The minimum atomic E-state index is -0.460. The summed E-state index contributed by atoms with van der Waals surface area (Å²) in [5, 5.41) is 1.95. The van der Waals surface area contributed by atoms with Crippen molar-refractivity contribution < 1.29 is 28.5 Å². The first-order chi connectivity index (χ1) is 15.1. The number of carbonyl (C=O) groups excluding carboxylic acids is 2. The maximum atomic E-state index is 11.3. The van der Waals surface area contributed by atoms with Gasteiger partial charge < -0.3 is 18.9 Å². The maximum absolute atomic E-state index is 11.3. The van der Waals surface area contributed by atoms with Gasteiger partial charge in [0.05, 0.1) is 0 Å². The quantitative estimate of drug-likeness (QED) is 0.321. The van der Waals surface area contributed by atoms with Crippen molar-refractivity contribution in [3.05, 3.63) is 60.7 Å². The normalized spacial score (nSPS) is 18.3.